The second-order valence-corrected chi connectivity index (χ2v) is 10.5. The molecule has 0 fully saturated rings. The van der Waals surface area contributed by atoms with Crippen molar-refractivity contribution in [1.29, 1.82) is 0 Å². The molecule has 4 nitrogen and oxygen atoms in total. The van der Waals surface area contributed by atoms with Crippen molar-refractivity contribution in [3.8, 4) is 23.0 Å². The number of hydrogen-bond acceptors (Lipinski definition) is 4. The van der Waals surface area contributed by atoms with Gasteiger partial charge in [-0.15, -0.1) is 0 Å². The lowest BCUT2D eigenvalue weighted by Gasteiger charge is -2.25. The quantitative estimate of drug-likeness (QED) is 0.134. The van der Waals surface area contributed by atoms with Crippen LogP contribution in [0.3, 0.4) is 0 Å². The fourth-order valence-corrected chi connectivity index (χ4v) is 4.47. The van der Waals surface area contributed by atoms with Crippen molar-refractivity contribution in [2.45, 2.75) is 36.5 Å². The molecule has 278 valence electrons. The number of hydrogen-bond donors (Lipinski definition) is 2. The fourth-order valence-electron chi connectivity index (χ4n) is 4.47. The molecule has 0 amide bonds. The number of anilines is 2. The molecule has 0 heterocycles. The highest BCUT2D eigenvalue weighted by atomic mass is 19.4. The average molecular weight is 749 g/mol. The Morgan fingerprint density at radius 2 is 0.558 bits per heavy atom. The van der Waals surface area contributed by atoms with E-state index in [4.69, 9.17) is 20.9 Å². The Hall–Kier alpha value is -5.54. The van der Waals surface area contributed by atoms with Crippen LogP contribution >= 0.6 is 0 Å². The van der Waals surface area contributed by atoms with Crippen LogP contribution in [-0.4, -0.2) is 24.7 Å². The van der Waals surface area contributed by atoms with E-state index < -0.39 is 59.2 Å². The van der Waals surface area contributed by atoms with E-state index in [1.165, 1.54) is 48.5 Å². The van der Waals surface area contributed by atoms with Gasteiger partial charge in [-0.05, 0) is 36.4 Å². The van der Waals surface area contributed by atoms with Crippen LogP contribution in [0.4, 0.5) is 64.1 Å². The molecule has 0 saturated carbocycles. The first-order valence-electron chi connectivity index (χ1n) is 14.7. The van der Waals surface area contributed by atoms with Gasteiger partial charge in [0.25, 0.3) is 0 Å². The summed E-state index contributed by atoms with van der Waals surface area (Å²) in [6.07, 6.45) is -22.0. The summed E-state index contributed by atoms with van der Waals surface area (Å²) in [4.78, 5) is 0. The predicted molar refractivity (Wildman–Crippen MR) is 171 cm³/mol. The van der Waals surface area contributed by atoms with Gasteiger partial charge in [0.2, 0.25) is 0 Å². The maximum Gasteiger partial charge on any atom is 0.404 e. The highest BCUT2D eigenvalue weighted by Crippen LogP contribution is 2.51. The third-order valence-corrected chi connectivity index (χ3v) is 6.71. The van der Waals surface area contributed by atoms with E-state index in [0.717, 1.165) is 36.4 Å². The Bertz CT molecular complexity index is 1670. The van der Waals surface area contributed by atoms with Gasteiger partial charge in [-0.2, -0.15) is 52.7 Å². The maximum atomic E-state index is 12.9. The largest absolute Gasteiger partial charge is 0.455 e. The number of alkyl halides is 12. The molecule has 0 radical (unpaired) electrons. The summed E-state index contributed by atoms with van der Waals surface area (Å²) in [6.45, 7) is 0. The third kappa shape index (κ3) is 11.8. The number of nitrogens with two attached hydrogens (primary N) is 2. The first kappa shape index (κ1) is 40.9. The molecular weight excluding hydrogens is 720 g/mol. The number of rotatable bonds is 6. The minimum Gasteiger partial charge on any atom is -0.455 e. The van der Waals surface area contributed by atoms with E-state index in [-0.39, 0.29) is 22.9 Å². The van der Waals surface area contributed by atoms with E-state index in [9.17, 15) is 52.7 Å². The summed E-state index contributed by atoms with van der Waals surface area (Å²) >= 11 is 0. The molecule has 0 aliphatic heterocycles. The summed E-state index contributed by atoms with van der Waals surface area (Å²) < 4.78 is 165. The lowest BCUT2D eigenvalue weighted by molar-refractivity contribution is -0.255. The van der Waals surface area contributed by atoms with E-state index in [1.807, 2.05) is 36.4 Å². The monoisotopic (exact) mass is 748 g/mol. The van der Waals surface area contributed by atoms with Crippen LogP contribution in [0.2, 0.25) is 0 Å². The summed E-state index contributed by atoms with van der Waals surface area (Å²) in [5.74, 6) is -8.44. The van der Waals surface area contributed by atoms with Gasteiger partial charge >= 0.3 is 24.7 Å². The van der Waals surface area contributed by atoms with E-state index >= 15 is 0 Å². The van der Waals surface area contributed by atoms with Gasteiger partial charge in [0, 0.05) is 11.1 Å². The average Bonchev–Trinajstić information content (AvgIpc) is 3.04. The Morgan fingerprint density at radius 1 is 0.327 bits per heavy atom. The van der Waals surface area contributed by atoms with Gasteiger partial charge in [-0.25, -0.2) is 0 Å². The minimum absolute atomic E-state index is 0.0250. The zero-order chi connectivity index (χ0) is 38.7. The zero-order valence-corrected chi connectivity index (χ0v) is 26.4. The third-order valence-electron chi connectivity index (χ3n) is 6.71. The Kier molecular flexibility index (Phi) is 13.5. The predicted octanol–water partition coefficient (Wildman–Crippen LogP) is 12.2. The van der Waals surface area contributed by atoms with Crippen molar-refractivity contribution in [2.24, 2.45) is 0 Å². The number of para-hydroxylation sites is 6. The Labute approximate surface area is 289 Å². The van der Waals surface area contributed by atoms with Crippen LogP contribution < -0.4 is 20.9 Å². The van der Waals surface area contributed by atoms with Crippen molar-refractivity contribution >= 4 is 11.4 Å². The van der Waals surface area contributed by atoms with Crippen LogP contribution in [0.25, 0.3) is 0 Å². The molecule has 0 spiro atoms. The number of ether oxygens (including phenoxy) is 2. The van der Waals surface area contributed by atoms with Gasteiger partial charge in [0.1, 0.15) is 23.0 Å². The molecule has 0 atom stereocenters. The molecule has 4 N–H and O–H groups in total. The van der Waals surface area contributed by atoms with Crippen molar-refractivity contribution in [2.75, 3.05) is 11.5 Å². The van der Waals surface area contributed by atoms with Crippen molar-refractivity contribution in [3.05, 3.63) is 145 Å². The van der Waals surface area contributed by atoms with E-state index in [0.29, 0.717) is 0 Å². The normalized spacial score (nSPS) is 12.0. The number of benzene rings is 5. The molecule has 16 heteroatoms. The molecule has 5 aromatic carbocycles. The van der Waals surface area contributed by atoms with Gasteiger partial charge in [0.05, 0.1) is 11.4 Å². The van der Waals surface area contributed by atoms with Crippen LogP contribution in [0, 0.1) is 0 Å². The molecule has 52 heavy (non-hydrogen) atoms. The van der Waals surface area contributed by atoms with E-state index in [1.54, 1.807) is 12.1 Å². The first-order chi connectivity index (χ1) is 24.2. The Morgan fingerprint density at radius 3 is 0.808 bits per heavy atom. The number of halogens is 12. The van der Waals surface area contributed by atoms with Crippen LogP contribution in [0.5, 0.6) is 23.0 Å². The standard InChI is InChI=1S/2C15H11F6NO.C6H6/c2*16-14(17,18)13(15(19,20)21)9-5-1-3-7-11(9)23-12-8-4-2-6-10(12)22;1-2-4-6-5-3-1/h2*1-8,13H,22H2;1-6H. The fraction of sp³-hybridized carbons (Fsp3) is 0.167. The maximum absolute atomic E-state index is 12.9. The van der Waals surface area contributed by atoms with Crippen molar-refractivity contribution in [1.82, 2.24) is 0 Å². The first-order valence-corrected chi connectivity index (χ1v) is 14.7. The van der Waals surface area contributed by atoms with Crippen molar-refractivity contribution < 1.29 is 62.2 Å². The molecule has 0 aromatic heterocycles. The van der Waals surface area contributed by atoms with Crippen LogP contribution in [0.1, 0.15) is 23.0 Å². The number of nitrogen functional groups attached to an aromatic ring is 2. The smallest absolute Gasteiger partial charge is 0.404 e. The van der Waals surface area contributed by atoms with Gasteiger partial charge < -0.3 is 20.9 Å². The molecule has 0 unspecified atom stereocenters. The highest BCUT2D eigenvalue weighted by Gasteiger charge is 2.59. The molecular formula is C36H28F12N2O2. The van der Waals surface area contributed by atoms with Gasteiger partial charge in [-0.3, -0.25) is 0 Å². The summed E-state index contributed by atoms with van der Waals surface area (Å²) in [7, 11) is 0. The van der Waals surface area contributed by atoms with Gasteiger partial charge in [0.15, 0.2) is 11.8 Å². The summed E-state index contributed by atoms with van der Waals surface area (Å²) in [6, 6.07) is 31.9. The molecule has 0 saturated heterocycles. The zero-order valence-electron chi connectivity index (χ0n) is 26.4. The highest BCUT2D eigenvalue weighted by molar-refractivity contribution is 5.55. The topological polar surface area (TPSA) is 70.5 Å². The molecule has 5 aromatic rings. The van der Waals surface area contributed by atoms with Crippen LogP contribution in [0.15, 0.2) is 133 Å². The lowest BCUT2D eigenvalue weighted by Crippen LogP contribution is -2.34. The minimum atomic E-state index is -5.50. The SMILES string of the molecule is Nc1ccccc1Oc1ccccc1C(C(F)(F)F)C(F)(F)F.Nc1ccccc1Oc1ccccc1C(C(F)(F)F)C(F)(F)F.c1ccccc1. The summed E-state index contributed by atoms with van der Waals surface area (Å²) in [5, 5.41) is 0. The van der Waals surface area contributed by atoms with E-state index in [2.05, 4.69) is 0 Å². The molecule has 5 rings (SSSR count). The van der Waals surface area contributed by atoms with Crippen molar-refractivity contribution in [3.63, 3.8) is 0 Å². The molecule has 0 aliphatic rings. The summed E-state index contributed by atoms with van der Waals surface area (Å²) in [5.41, 5.74) is 9.35. The van der Waals surface area contributed by atoms with Gasteiger partial charge in [-0.1, -0.05) is 97.1 Å². The Balaban J connectivity index is 0.000000241. The molecule has 0 aliphatic carbocycles. The second-order valence-electron chi connectivity index (χ2n) is 10.5. The molecule has 0 bridgehead atoms. The second kappa shape index (κ2) is 17.1. The lowest BCUT2D eigenvalue weighted by atomic mass is 9.97. The van der Waals surface area contributed by atoms with Crippen LogP contribution in [-0.2, 0) is 0 Å².